The summed E-state index contributed by atoms with van der Waals surface area (Å²) in [5.74, 6) is 0. The first-order valence-electron chi connectivity index (χ1n) is 9.83. The minimum absolute atomic E-state index is 0.0254. The summed E-state index contributed by atoms with van der Waals surface area (Å²) in [5.41, 5.74) is 11.3. The zero-order valence-electron chi connectivity index (χ0n) is 16.5. The van der Waals surface area contributed by atoms with E-state index in [-0.39, 0.29) is 5.41 Å². The van der Waals surface area contributed by atoms with E-state index in [1.807, 2.05) is 13.0 Å². The molecule has 0 N–H and O–H groups in total. The summed E-state index contributed by atoms with van der Waals surface area (Å²) in [7, 11) is 0. The fraction of sp³-hybridized carbons (Fsp3) is 0.148. The Balaban J connectivity index is 1.62. The fourth-order valence-electron chi connectivity index (χ4n) is 4.45. The van der Waals surface area contributed by atoms with Gasteiger partial charge in [0.25, 0.3) is 0 Å². The summed E-state index contributed by atoms with van der Waals surface area (Å²) in [6.45, 7) is 6.69. The molecule has 28 heavy (non-hydrogen) atoms. The Morgan fingerprint density at radius 3 is 2.18 bits per heavy atom. The van der Waals surface area contributed by atoms with Gasteiger partial charge in [-0.15, -0.1) is 0 Å². The van der Waals surface area contributed by atoms with Crippen LogP contribution in [0.5, 0.6) is 0 Å². The third-order valence-corrected chi connectivity index (χ3v) is 5.96. The molecule has 1 aromatic heterocycles. The monoisotopic (exact) mass is 361 g/mol. The largest absolute Gasteiger partial charge is 0.253 e. The number of pyridine rings is 1. The molecule has 1 heteroatoms. The molecule has 5 rings (SSSR count). The number of hydrogen-bond acceptors (Lipinski definition) is 1. The molecular formula is C27H23N. The molecular weight excluding hydrogens is 338 g/mol. The predicted molar refractivity (Wildman–Crippen MR) is 117 cm³/mol. The van der Waals surface area contributed by atoms with Gasteiger partial charge in [-0.2, -0.15) is 0 Å². The maximum atomic E-state index is 4.69. The molecule has 0 bridgehead atoms. The molecule has 4 aromatic rings. The zero-order valence-corrected chi connectivity index (χ0v) is 16.5. The van der Waals surface area contributed by atoms with Crippen molar-refractivity contribution < 1.29 is 0 Å². The second-order valence-electron chi connectivity index (χ2n) is 8.18. The highest BCUT2D eigenvalue weighted by atomic mass is 14.7. The van der Waals surface area contributed by atoms with E-state index >= 15 is 0 Å². The Morgan fingerprint density at radius 1 is 0.607 bits per heavy atom. The molecule has 0 unspecified atom stereocenters. The molecule has 0 radical (unpaired) electrons. The smallest absolute Gasteiger partial charge is 0.0705 e. The van der Waals surface area contributed by atoms with Crippen molar-refractivity contribution in [2.75, 3.05) is 0 Å². The van der Waals surface area contributed by atoms with Crippen molar-refractivity contribution in [2.45, 2.75) is 26.2 Å². The second-order valence-corrected chi connectivity index (χ2v) is 8.18. The van der Waals surface area contributed by atoms with Gasteiger partial charge in [0.2, 0.25) is 0 Å². The van der Waals surface area contributed by atoms with Crippen molar-refractivity contribution >= 4 is 0 Å². The summed E-state index contributed by atoms with van der Waals surface area (Å²) in [6, 6.07) is 30.6. The number of hydrogen-bond donors (Lipinski definition) is 0. The summed E-state index contributed by atoms with van der Waals surface area (Å²) < 4.78 is 0. The molecule has 0 fully saturated rings. The van der Waals surface area contributed by atoms with E-state index in [1.165, 1.54) is 33.4 Å². The van der Waals surface area contributed by atoms with Crippen LogP contribution in [0.2, 0.25) is 0 Å². The quantitative estimate of drug-likeness (QED) is 0.373. The molecule has 136 valence electrons. The van der Waals surface area contributed by atoms with E-state index in [0.29, 0.717) is 0 Å². The van der Waals surface area contributed by atoms with Gasteiger partial charge >= 0.3 is 0 Å². The summed E-state index contributed by atoms with van der Waals surface area (Å²) in [6.07, 6.45) is 0. The van der Waals surface area contributed by atoms with Gasteiger partial charge in [0.15, 0.2) is 0 Å². The van der Waals surface area contributed by atoms with Crippen LogP contribution in [0.3, 0.4) is 0 Å². The average Bonchev–Trinajstić information content (AvgIpc) is 2.95. The molecule has 0 spiro atoms. The first-order valence-corrected chi connectivity index (χ1v) is 9.83. The van der Waals surface area contributed by atoms with Crippen LogP contribution in [0.1, 0.15) is 30.7 Å². The summed E-state index contributed by atoms with van der Waals surface area (Å²) >= 11 is 0. The van der Waals surface area contributed by atoms with Crippen LogP contribution in [0.4, 0.5) is 0 Å². The first kappa shape index (κ1) is 16.9. The maximum Gasteiger partial charge on any atom is 0.0705 e. The molecule has 1 heterocycles. The minimum Gasteiger partial charge on any atom is -0.253 e. The van der Waals surface area contributed by atoms with E-state index in [1.54, 1.807) is 0 Å². The molecule has 0 atom stereocenters. The van der Waals surface area contributed by atoms with Crippen LogP contribution < -0.4 is 0 Å². The Kier molecular flexibility index (Phi) is 3.73. The van der Waals surface area contributed by atoms with Gasteiger partial charge in [0.05, 0.1) is 5.69 Å². The second kappa shape index (κ2) is 6.17. The summed E-state index contributed by atoms with van der Waals surface area (Å²) in [4.78, 5) is 4.69. The van der Waals surface area contributed by atoms with Gasteiger partial charge in [0, 0.05) is 16.7 Å². The topological polar surface area (TPSA) is 12.9 Å². The van der Waals surface area contributed by atoms with E-state index in [4.69, 9.17) is 0 Å². The Hall–Kier alpha value is -3.19. The molecule has 1 aliphatic rings. The lowest BCUT2D eigenvalue weighted by molar-refractivity contribution is 0.660. The van der Waals surface area contributed by atoms with Crippen LogP contribution in [-0.2, 0) is 5.41 Å². The highest BCUT2D eigenvalue weighted by Gasteiger charge is 2.35. The average molecular weight is 361 g/mol. The molecule has 0 saturated carbocycles. The van der Waals surface area contributed by atoms with Gasteiger partial charge in [-0.3, -0.25) is 4.98 Å². The molecule has 1 aliphatic carbocycles. The van der Waals surface area contributed by atoms with Crippen LogP contribution in [-0.4, -0.2) is 4.98 Å². The SMILES string of the molecule is Cc1cccc(-c2cccc(-c3ccc4c(c3)C(C)(C)c3ccccc3-4)c2)n1. The Labute approximate surface area is 166 Å². The number of nitrogens with zero attached hydrogens (tertiary/aromatic N) is 1. The van der Waals surface area contributed by atoms with Crippen molar-refractivity contribution in [1.82, 2.24) is 4.98 Å². The van der Waals surface area contributed by atoms with Gasteiger partial charge < -0.3 is 0 Å². The van der Waals surface area contributed by atoms with Crippen molar-refractivity contribution in [1.29, 1.82) is 0 Å². The molecule has 0 saturated heterocycles. The number of rotatable bonds is 2. The van der Waals surface area contributed by atoms with Crippen LogP contribution >= 0.6 is 0 Å². The lowest BCUT2D eigenvalue weighted by Crippen LogP contribution is -2.14. The van der Waals surface area contributed by atoms with Crippen molar-refractivity contribution in [3.05, 3.63) is 102 Å². The van der Waals surface area contributed by atoms with E-state index in [9.17, 15) is 0 Å². The zero-order chi connectivity index (χ0) is 19.3. The lowest BCUT2D eigenvalue weighted by Gasteiger charge is -2.22. The predicted octanol–water partition coefficient (Wildman–Crippen LogP) is 7.03. The van der Waals surface area contributed by atoms with Gasteiger partial charge in [-0.05, 0) is 64.6 Å². The van der Waals surface area contributed by atoms with E-state index in [2.05, 4.69) is 97.7 Å². The minimum atomic E-state index is 0.0254. The van der Waals surface area contributed by atoms with E-state index in [0.717, 1.165) is 17.0 Å². The molecule has 0 amide bonds. The highest BCUT2D eigenvalue weighted by Crippen LogP contribution is 2.49. The van der Waals surface area contributed by atoms with Crippen LogP contribution in [0.25, 0.3) is 33.5 Å². The Bertz CT molecular complexity index is 1200. The number of fused-ring (bicyclic) bond motifs is 3. The Morgan fingerprint density at radius 2 is 1.32 bits per heavy atom. The fourth-order valence-corrected chi connectivity index (χ4v) is 4.45. The highest BCUT2D eigenvalue weighted by molar-refractivity contribution is 5.84. The standard InChI is InChI=1S/C27H23N/c1-18-8-6-13-26(28-18)21-10-7-9-19(16-21)20-14-15-23-22-11-4-5-12-24(22)27(2,3)25(23)17-20/h4-17H,1-3H3. The van der Waals surface area contributed by atoms with Gasteiger partial charge in [-0.1, -0.05) is 74.5 Å². The number of aromatic nitrogens is 1. The lowest BCUT2D eigenvalue weighted by atomic mass is 9.81. The maximum absolute atomic E-state index is 4.69. The van der Waals surface area contributed by atoms with Crippen LogP contribution in [0, 0.1) is 6.92 Å². The van der Waals surface area contributed by atoms with Gasteiger partial charge in [-0.25, -0.2) is 0 Å². The van der Waals surface area contributed by atoms with Gasteiger partial charge in [0.1, 0.15) is 0 Å². The third kappa shape index (κ3) is 2.58. The van der Waals surface area contributed by atoms with Crippen LogP contribution in [0.15, 0.2) is 84.9 Å². The first-order chi connectivity index (χ1) is 13.5. The third-order valence-electron chi connectivity index (χ3n) is 5.96. The normalized spacial score (nSPS) is 13.8. The van der Waals surface area contributed by atoms with E-state index < -0.39 is 0 Å². The molecule has 1 nitrogen and oxygen atoms in total. The molecule has 3 aromatic carbocycles. The van der Waals surface area contributed by atoms with Crippen molar-refractivity contribution in [3.8, 4) is 33.5 Å². The van der Waals surface area contributed by atoms with Crippen molar-refractivity contribution in [2.24, 2.45) is 0 Å². The number of aryl methyl sites for hydroxylation is 1. The molecule has 0 aliphatic heterocycles. The number of benzene rings is 3. The van der Waals surface area contributed by atoms with Crippen molar-refractivity contribution in [3.63, 3.8) is 0 Å². The summed E-state index contributed by atoms with van der Waals surface area (Å²) in [5, 5.41) is 0.